The predicted octanol–water partition coefficient (Wildman–Crippen LogP) is 1.92. The van der Waals surface area contributed by atoms with Gasteiger partial charge in [0.25, 0.3) is 0 Å². The van der Waals surface area contributed by atoms with Gasteiger partial charge in [-0.2, -0.15) is 13.2 Å². The maximum Gasteiger partial charge on any atom is 0.408 e. The average Bonchev–Trinajstić information content (AvgIpc) is 2.48. The Morgan fingerprint density at radius 2 is 1.64 bits per heavy atom. The number of alkyl halides is 3. The molecule has 8 heteroatoms. The summed E-state index contributed by atoms with van der Waals surface area (Å²) >= 11 is 0. The van der Waals surface area contributed by atoms with Crippen LogP contribution in [0.3, 0.4) is 0 Å². The summed E-state index contributed by atoms with van der Waals surface area (Å²) in [6.45, 7) is 1.57. The number of halogens is 3. The summed E-state index contributed by atoms with van der Waals surface area (Å²) in [5.41, 5.74) is -0.0131. The zero-order chi connectivity index (χ0) is 16.3. The van der Waals surface area contributed by atoms with Crippen LogP contribution < -0.4 is 14.8 Å². The fourth-order valence-corrected chi connectivity index (χ4v) is 2.62. The Balaban J connectivity index is 2.47. The molecule has 22 heavy (non-hydrogen) atoms. The van der Waals surface area contributed by atoms with E-state index in [1.807, 2.05) is 0 Å². The molecule has 0 aromatic heterocycles. The summed E-state index contributed by atoms with van der Waals surface area (Å²) in [5, 5.41) is 12.9. The second-order valence-electron chi connectivity index (χ2n) is 5.00. The SMILES string of the molecule is COc1cc([C@@H](N2CCNCC2)C(F)(F)F)cc(OC)c1O. The van der Waals surface area contributed by atoms with Gasteiger partial charge in [0.05, 0.1) is 14.2 Å². The second kappa shape index (κ2) is 6.62. The predicted molar refractivity (Wildman–Crippen MR) is 74.4 cm³/mol. The van der Waals surface area contributed by atoms with Crippen molar-refractivity contribution in [3.63, 3.8) is 0 Å². The van der Waals surface area contributed by atoms with Gasteiger partial charge in [0.15, 0.2) is 11.5 Å². The van der Waals surface area contributed by atoms with Crippen molar-refractivity contribution in [1.29, 1.82) is 0 Å². The zero-order valence-electron chi connectivity index (χ0n) is 12.4. The first-order valence-electron chi connectivity index (χ1n) is 6.85. The van der Waals surface area contributed by atoms with E-state index in [-0.39, 0.29) is 35.9 Å². The van der Waals surface area contributed by atoms with Crippen LogP contribution in [0.2, 0.25) is 0 Å². The van der Waals surface area contributed by atoms with Crippen molar-refractivity contribution in [3.05, 3.63) is 17.7 Å². The molecule has 1 aromatic rings. The monoisotopic (exact) mass is 320 g/mol. The molecule has 1 heterocycles. The van der Waals surface area contributed by atoms with E-state index in [1.54, 1.807) is 0 Å². The highest BCUT2D eigenvalue weighted by Gasteiger charge is 2.45. The van der Waals surface area contributed by atoms with Gasteiger partial charge in [-0.25, -0.2) is 0 Å². The molecular formula is C14H19F3N2O3. The number of hydrogen-bond donors (Lipinski definition) is 2. The first-order valence-corrected chi connectivity index (χ1v) is 6.85. The van der Waals surface area contributed by atoms with Crippen molar-refractivity contribution < 1.29 is 27.8 Å². The Labute approximate surface area is 126 Å². The van der Waals surface area contributed by atoms with E-state index in [4.69, 9.17) is 9.47 Å². The molecule has 1 aromatic carbocycles. The van der Waals surface area contributed by atoms with E-state index >= 15 is 0 Å². The van der Waals surface area contributed by atoms with E-state index in [1.165, 1.54) is 31.3 Å². The van der Waals surface area contributed by atoms with Gasteiger partial charge in [-0.1, -0.05) is 0 Å². The highest BCUT2D eigenvalue weighted by molar-refractivity contribution is 5.53. The van der Waals surface area contributed by atoms with E-state index in [9.17, 15) is 18.3 Å². The highest BCUT2D eigenvalue weighted by Crippen LogP contribution is 2.44. The van der Waals surface area contributed by atoms with Crippen LogP contribution in [0.1, 0.15) is 11.6 Å². The number of aromatic hydroxyl groups is 1. The maximum absolute atomic E-state index is 13.6. The van der Waals surface area contributed by atoms with E-state index in [2.05, 4.69) is 5.32 Å². The first kappa shape index (κ1) is 16.7. The molecule has 5 nitrogen and oxygen atoms in total. The molecule has 0 unspecified atom stereocenters. The van der Waals surface area contributed by atoms with Crippen molar-refractivity contribution >= 4 is 0 Å². The van der Waals surface area contributed by atoms with Gasteiger partial charge >= 0.3 is 6.18 Å². The largest absolute Gasteiger partial charge is 0.502 e. The number of piperazine rings is 1. The molecule has 1 aliphatic heterocycles. The van der Waals surface area contributed by atoms with Crippen molar-refractivity contribution in [2.75, 3.05) is 40.4 Å². The molecule has 0 amide bonds. The van der Waals surface area contributed by atoms with Crippen molar-refractivity contribution in [2.45, 2.75) is 12.2 Å². The maximum atomic E-state index is 13.6. The normalized spacial score (nSPS) is 18.0. The minimum absolute atomic E-state index is 0.0131. The summed E-state index contributed by atoms with van der Waals surface area (Å²) in [6.07, 6.45) is -4.44. The lowest BCUT2D eigenvalue weighted by Crippen LogP contribution is -2.49. The van der Waals surface area contributed by atoms with Crippen LogP contribution in [0.15, 0.2) is 12.1 Å². The van der Waals surface area contributed by atoms with Gasteiger partial charge in [0.1, 0.15) is 6.04 Å². The molecule has 0 bridgehead atoms. The number of phenols is 1. The third-order valence-corrected chi connectivity index (χ3v) is 3.64. The molecule has 0 aliphatic carbocycles. The molecule has 1 saturated heterocycles. The van der Waals surface area contributed by atoms with Crippen LogP contribution in [-0.2, 0) is 0 Å². The summed E-state index contributed by atoms with van der Waals surface area (Å²) in [4.78, 5) is 1.36. The fourth-order valence-electron chi connectivity index (χ4n) is 2.62. The van der Waals surface area contributed by atoms with Gasteiger partial charge in [-0.15, -0.1) is 0 Å². The molecule has 0 spiro atoms. The fraction of sp³-hybridized carbons (Fsp3) is 0.571. The number of hydrogen-bond acceptors (Lipinski definition) is 5. The van der Waals surface area contributed by atoms with Crippen LogP contribution in [0.4, 0.5) is 13.2 Å². The van der Waals surface area contributed by atoms with Gasteiger partial charge in [0, 0.05) is 26.2 Å². The van der Waals surface area contributed by atoms with Crippen molar-refractivity contribution in [3.8, 4) is 17.2 Å². The lowest BCUT2D eigenvalue weighted by atomic mass is 10.0. The summed E-state index contributed by atoms with van der Waals surface area (Å²) in [7, 11) is 2.57. The van der Waals surface area contributed by atoms with Crippen LogP contribution >= 0.6 is 0 Å². The van der Waals surface area contributed by atoms with Crippen molar-refractivity contribution in [2.24, 2.45) is 0 Å². The average molecular weight is 320 g/mol. The Bertz CT molecular complexity index is 492. The quantitative estimate of drug-likeness (QED) is 0.888. The lowest BCUT2D eigenvalue weighted by Gasteiger charge is -2.36. The van der Waals surface area contributed by atoms with Gasteiger partial charge in [0.2, 0.25) is 5.75 Å². The minimum Gasteiger partial charge on any atom is -0.502 e. The third kappa shape index (κ3) is 3.38. The number of ether oxygens (including phenoxy) is 2. The Morgan fingerprint density at radius 1 is 1.14 bits per heavy atom. The van der Waals surface area contributed by atoms with Gasteiger partial charge in [-0.05, 0) is 17.7 Å². The van der Waals surface area contributed by atoms with Crippen LogP contribution in [0.25, 0.3) is 0 Å². The van der Waals surface area contributed by atoms with Crippen LogP contribution in [-0.4, -0.2) is 56.6 Å². The molecule has 0 radical (unpaired) electrons. The smallest absolute Gasteiger partial charge is 0.408 e. The summed E-state index contributed by atoms with van der Waals surface area (Å²) < 4.78 is 50.6. The number of phenolic OH excluding ortho intramolecular Hbond substituents is 1. The highest BCUT2D eigenvalue weighted by atomic mass is 19.4. The van der Waals surface area contributed by atoms with Crippen LogP contribution in [0, 0.1) is 0 Å². The third-order valence-electron chi connectivity index (χ3n) is 3.64. The molecule has 0 saturated carbocycles. The molecule has 1 fully saturated rings. The van der Waals surface area contributed by atoms with Gasteiger partial charge < -0.3 is 19.9 Å². The molecular weight excluding hydrogens is 301 g/mol. The number of nitrogens with one attached hydrogen (secondary N) is 1. The van der Waals surface area contributed by atoms with Crippen LogP contribution in [0.5, 0.6) is 17.2 Å². The minimum atomic E-state index is -4.44. The number of benzene rings is 1. The molecule has 1 aliphatic rings. The van der Waals surface area contributed by atoms with Gasteiger partial charge in [-0.3, -0.25) is 4.90 Å². The van der Waals surface area contributed by atoms with Crippen molar-refractivity contribution in [1.82, 2.24) is 10.2 Å². The summed E-state index contributed by atoms with van der Waals surface area (Å²) in [5.74, 6) is -0.396. The standard InChI is InChI=1S/C14H19F3N2O3/c1-21-10-7-9(8-11(22-2)12(10)20)13(14(15,16)17)19-5-3-18-4-6-19/h7-8,13,18,20H,3-6H2,1-2H3/t13-/m1/s1. The number of rotatable bonds is 4. The Hall–Kier alpha value is -1.67. The van der Waals surface area contributed by atoms with E-state index < -0.39 is 12.2 Å². The molecule has 1 atom stereocenters. The zero-order valence-corrected chi connectivity index (χ0v) is 12.4. The second-order valence-corrected chi connectivity index (χ2v) is 5.00. The van der Waals surface area contributed by atoms with E-state index in [0.717, 1.165) is 0 Å². The van der Waals surface area contributed by atoms with E-state index in [0.29, 0.717) is 13.1 Å². The molecule has 2 N–H and O–H groups in total. The lowest BCUT2D eigenvalue weighted by molar-refractivity contribution is -0.187. The molecule has 124 valence electrons. The Kier molecular flexibility index (Phi) is 5.02. The topological polar surface area (TPSA) is 54.0 Å². The summed E-state index contributed by atoms with van der Waals surface area (Å²) in [6, 6.07) is 0.647. The Morgan fingerprint density at radius 3 is 2.05 bits per heavy atom. The first-order chi connectivity index (χ1) is 10.4. The molecule has 2 rings (SSSR count). The number of methoxy groups -OCH3 is 2. The number of nitrogens with zero attached hydrogens (tertiary/aromatic N) is 1.